The first-order valence-corrected chi connectivity index (χ1v) is 4.29. The van der Waals surface area contributed by atoms with E-state index in [0.717, 1.165) is 0 Å². The van der Waals surface area contributed by atoms with E-state index in [1.807, 2.05) is 0 Å². The highest BCUT2D eigenvalue weighted by atomic mass is 32.2. The Balaban J connectivity index is 0. The van der Waals surface area contributed by atoms with Crippen LogP contribution in [0.1, 0.15) is 0 Å². The van der Waals surface area contributed by atoms with Crippen LogP contribution in [-0.4, -0.2) is 48.3 Å². The summed E-state index contributed by atoms with van der Waals surface area (Å²) in [7, 11) is -5.56. The number of hydrogen-bond acceptors (Lipinski definition) is 4. The standard InChI is InChI=1S/C2H3F3O3S.C2H6O2/c3-1-2(4,5)9(6,7)8;3-1-2-4/h1H2,(H,6,7,8);3-4H,1-2H2. The van der Waals surface area contributed by atoms with Crippen molar-refractivity contribution >= 4 is 10.1 Å². The van der Waals surface area contributed by atoms with Crippen LogP contribution in [0.25, 0.3) is 0 Å². The number of halogens is 3. The van der Waals surface area contributed by atoms with Crippen LogP contribution in [0.4, 0.5) is 13.2 Å². The molecule has 0 saturated carbocycles. The van der Waals surface area contributed by atoms with Gasteiger partial charge in [0.25, 0.3) is 0 Å². The van der Waals surface area contributed by atoms with E-state index >= 15 is 0 Å². The summed E-state index contributed by atoms with van der Waals surface area (Å²) < 4.78 is 60.3. The molecule has 5 nitrogen and oxygen atoms in total. The quantitative estimate of drug-likeness (QED) is 0.559. The maximum absolute atomic E-state index is 11.4. The number of rotatable bonds is 3. The van der Waals surface area contributed by atoms with Crippen molar-refractivity contribution in [2.24, 2.45) is 0 Å². The second kappa shape index (κ2) is 6.13. The van der Waals surface area contributed by atoms with Gasteiger partial charge in [-0.2, -0.15) is 17.2 Å². The van der Waals surface area contributed by atoms with E-state index in [1.54, 1.807) is 0 Å². The largest absolute Gasteiger partial charge is 0.397 e. The molecule has 0 aliphatic rings. The third-order valence-corrected chi connectivity index (χ3v) is 1.50. The fourth-order valence-electron chi connectivity index (χ4n) is 0.0689. The SMILES string of the molecule is O=S(=O)(O)C(F)(F)CF.OCCO. The Kier molecular flexibility index (Phi) is 7.13. The van der Waals surface area contributed by atoms with Crippen molar-refractivity contribution in [1.29, 1.82) is 0 Å². The molecule has 9 heteroatoms. The van der Waals surface area contributed by atoms with Crippen molar-refractivity contribution in [3.05, 3.63) is 0 Å². The van der Waals surface area contributed by atoms with Gasteiger partial charge in [0.05, 0.1) is 13.2 Å². The molecule has 82 valence electrons. The van der Waals surface area contributed by atoms with Crippen molar-refractivity contribution in [3.8, 4) is 0 Å². The Hall–Kier alpha value is -0.380. The topological polar surface area (TPSA) is 94.8 Å². The monoisotopic (exact) mass is 226 g/mol. The van der Waals surface area contributed by atoms with E-state index in [-0.39, 0.29) is 13.2 Å². The van der Waals surface area contributed by atoms with Gasteiger partial charge < -0.3 is 10.2 Å². The summed E-state index contributed by atoms with van der Waals surface area (Å²) in [6.07, 6.45) is 0. The zero-order valence-electron chi connectivity index (χ0n) is 6.32. The minimum Gasteiger partial charge on any atom is -0.394 e. The van der Waals surface area contributed by atoms with Gasteiger partial charge in [0.15, 0.2) is 6.67 Å². The van der Waals surface area contributed by atoms with E-state index in [4.69, 9.17) is 14.8 Å². The van der Waals surface area contributed by atoms with E-state index in [2.05, 4.69) is 0 Å². The molecule has 0 heterocycles. The van der Waals surface area contributed by atoms with Gasteiger partial charge in [0, 0.05) is 0 Å². The lowest BCUT2D eigenvalue weighted by Crippen LogP contribution is -2.30. The second-order valence-electron chi connectivity index (χ2n) is 1.69. The average Bonchev–Trinajstić information content (AvgIpc) is 2.03. The third-order valence-electron chi connectivity index (χ3n) is 0.633. The number of aliphatic hydroxyl groups excluding tert-OH is 2. The van der Waals surface area contributed by atoms with Gasteiger partial charge in [0.1, 0.15) is 0 Å². The molecule has 0 aliphatic carbocycles. The van der Waals surface area contributed by atoms with Crippen molar-refractivity contribution in [1.82, 2.24) is 0 Å². The molecule has 0 aliphatic heterocycles. The van der Waals surface area contributed by atoms with E-state index in [0.29, 0.717) is 0 Å². The summed E-state index contributed by atoms with van der Waals surface area (Å²) in [5, 5.41) is 10.6. The number of aliphatic hydroxyl groups is 2. The van der Waals surface area contributed by atoms with Crippen LogP contribution in [0, 0.1) is 0 Å². The minimum absolute atomic E-state index is 0.125. The third kappa shape index (κ3) is 6.75. The molecule has 3 N–H and O–H groups in total. The molecule has 0 aromatic rings. The Morgan fingerprint density at radius 3 is 1.46 bits per heavy atom. The lowest BCUT2D eigenvalue weighted by atomic mass is 10.8. The Morgan fingerprint density at radius 1 is 1.15 bits per heavy atom. The maximum Gasteiger partial charge on any atom is 0.397 e. The summed E-state index contributed by atoms with van der Waals surface area (Å²) in [5.74, 6) is 0. The highest BCUT2D eigenvalue weighted by molar-refractivity contribution is 7.86. The molecule has 0 aromatic heterocycles. The molecule has 0 fully saturated rings. The normalized spacial score (nSPS) is 11.8. The van der Waals surface area contributed by atoms with E-state index in [1.165, 1.54) is 0 Å². The van der Waals surface area contributed by atoms with E-state index < -0.39 is 22.0 Å². The van der Waals surface area contributed by atoms with Crippen LogP contribution in [0.2, 0.25) is 0 Å². The number of alkyl halides is 3. The molecule has 0 unspecified atom stereocenters. The summed E-state index contributed by atoms with van der Waals surface area (Å²) in [6, 6.07) is 0. The van der Waals surface area contributed by atoms with Gasteiger partial charge in [-0.15, -0.1) is 0 Å². The van der Waals surface area contributed by atoms with E-state index in [9.17, 15) is 21.6 Å². The zero-order chi connectivity index (χ0) is 11.1. The first-order valence-electron chi connectivity index (χ1n) is 2.85. The van der Waals surface area contributed by atoms with Gasteiger partial charge in [-0.1, -0.05) is 0 Å². The van der Waals surface area contributed by atoms with Gasteiger partial charge in [-0.25, -0.2) is 4.39 Å². The Morgan fingerprint density at radius 2 is 1.46 bits per heavy atom. The van der Waals surface area contributed by atoms with Gasteiger partial charge >= 0.3 is 15.4 Å². The summed E-state index contributed by atoms with van der Waals surface area (Å²) in [5.41, 5.74) is 0. The molecule has 0 radical (unpaired) electrons. The molecule has 0 atom stereocenters. The summed E-state index contributed by atoms with van der Waals surface area (Å²) >= 11 is 0. The maximum atomic E-state index is 11.4. The van der Waals surface area contributed by atoms with Gasteiger partial charge in [-0.3, -0.25) is 4.55 Å². The highest BCUT2D eigenvalue weighted by Gasteiger charge is 2.44. The molecule has 13 heavy (non-hydrogen) atoms. The molecular weight excluding hydrogens is 217 g/mol. The molecule has 0 amide bonds. The van der Waals surface area contributed by atoms with Crippen molar-refractivity contribution in [2.45, 2.75) is 5.25 Å². The van der Waals surface area contributed by atoms with Crippen LogP contribution >= 0.6 is 0 Å². The molecule has 0 spiro atoms. The van der Waals surface area contributed by atoms with Gasteiger partial charge in [0.2, 0.25) is 0 Å². The minimum atomic E-state index is -5.56. The predicted octanol–water partition coefficient (Wildman–Crippen LogP) is -0.592. The highest BCUT2D eigenvalue weighted by Crippen LogP contribution is 2.19. The average molecular weight is 226 g/mol. The summed E-state index contributed by atoms with van der Waals surface area (Å²) in [4.78, 5) is 0. The van der Waals surface area contributed by atoms with Crippen LogP contribution < -0.4 is 0 Å². The zero-order valence-corrected chi connectivity index (χ0v) is 7.14. The summed E-state index contributed by atoms with van der Waals surface area (Å²) in [6.45, 7) is -2.66. The molecule has 0 saturated heterocycles. The predicted molar refractivity (Wildman–Crippen MR) is 36.6 cm³/mol. The first kappa shape index (κ1) is 15.1. The molecule has 0 rings (SSSR count). The smallest absolute Gasteiger partial charge is 0.394 e. The lowest BCUT2D eigenvalue weighted by molar-refractivity contribution is 0.0526. The number of hydrogen-bond donors (Lipinski definition) is 3. The lowest BCUT2D eigenvalue weighted by Gasteiger charge is -2.05. The van der Waals surface area contributed by atoms with Crippen molar-refractivity contribution in [3.63, 3.8) is 0 Å². The van der Waals surface area contributed by atoms with Crippen molar-refractivity contribution < 1.29 is 36.4 Å². The van der Waals surface area contributed by atoms with Crippen molar-refractivity contribution in [2.75, 3.05) is 19.9 Å². The molecule has 0 aromatic carbocycles. The van der Waals surface area contributed by atoms with Crippen LogP contribution in [-0.2, 0) is 10.1 Å². The van der Waals surface area contributed by atoms with Crippen LogP contribution in [0.15, 0.2) is 0 Å². The van der Waals surface area contributed by atoms with Gasteiger partial charge in [-0.05, 0) is 0 Å². The Labute approximate surface area is 72.6 Å². The van der Waals surface area contributed by atoms with Crippen LogP contribution in [0.5, 0.6) is 0 Å². The molecule has 0 bridgehead atoms. The fourth-order valence-corrected chi connectivity index (χ4v) is 0.207. The fraction of sp³-hybridized carbons (Fsp3) is 1.00. The van der Waals surface area contributed by atoms with Crippen LogP contribution in [0.3, 0.4) is 0 Å². The second-order valence-corrected chi connectivity index (χ2v) is 3.24. The Bertz CT molecular complexity index is 212. The first-order chi connectivity index (χ1) is 5.72. The molecular formula is C4H9F3O5S.